The molecular formula is C23H28F3N3O4S. The molecule has 2 heterocycles. The predicted octanol–water partition coefficient (Wildman–Crippen LogP) is 2.65. The average Bonchev–Trinajstić information content (AvgIpc) is 3.37. The first-order valence-electron chi connectivity index (χ1n) is 11.4. The third kappa shape index (κ3) is 5.00. The van der Waals surface area contributed by atoms with E-state index in [-0.39, 0.29) is 55.3 Å². The number of carbonyl (C=O) groups is 2. The van der Waals surface area contributed by atoms with Gasteiger partial charge >= 0.3 is 6.18 Å². The van der Waals surface area contributed by atoms with Crippen molar-refractivity contribution in [2.45, 2.75) is 43.2 Å². The summed E-state index contributed by atoms with van der Waals surface area (Å²) in [5, 5.41) is 2.27. The van der Waals surface area contributed by atoms with E-state index >= 15 is 0 Å². The predicted molar refractivity (Wildman–Crippen MR) is 119 cm³/mol. The molecule has 1 N–H and O–H groups in total. The van der Waals surface area contributed by atoms with Crippen molar-refractivity contribution in [3.8, 4) is 0 Å². The van der Waals surface area contributed by atoms with E-state index in [9.17, 15) is 31.2 Å². The number of sulfonamides is 1. The first-order valence-corrected chi connectivity index (χ1v) is 12.9. The highest BCUT2D eigenvalue weighted by molar-refractivity contribution is 7.89. The summed E-state index contributed by atoms with van der Waals surface area (Å²) in [6.07, 6.45) is -1.34. The number of fused-ring (bicyclic) bond motifs is 1. The minimum Gasteiger partial charge on any atom is -0.350 e. The number of alkyl halides is 3. The van der Waals surface area contributed by atoms with Gasteiger partial charge in [0.2, 0.25) is 15.9 Å². The molecule has 1 aromatic carbocycles. The monoisotopic (exact) mass is 499 g/mol. The molecule has 0 spiro atoms. The van der Waals surface area contributed by atoms with Crippen molar-refractivity contribution < 1.29 is 31.2 Å². The zero-order valence-corrected chi connectivity index (χ0v) is 19.4. The number of carbonyl (C=O) groups excluding carboxylic acids is 2. The Kier molecular flexibility index (Phi) is 6.78. The Morgan fingerprint density at radius 3 is 2.26 bits per heavy atom. The normalized spacial score (nSPS) is 26.3. The zero-order chi connectivity index (χ0) is 24.7. The molecule has 0 radical (unpaired) electrons. The molecule has 7 nitrogen and oxygen atoms in total. The van der Waals surface area contributed by atoms with Crippen molar-refractivity contribution in [1.29, 1.82) is 0 Å². The topological polar surface area (TPSA) is 86.8 Å². The van der Waals surface area contributed by atoms with Crippen LogP contribution in [-0.2, 0) is 21.0 Å². The molecule has 11 heteroatoms. The number of amides is 2. The van der Waals surface area contributed by atoms with Crippen LogP contribution in [0.1, 0.15) is 41.6 Å². The van der Waals surface area contributed by atoms with Gasteiger partial charge < -0.3 is 10.2 Å². The Labute approximate surface area is 197 Å². The Morgan fingerprint density at radius 1 is 1.09 bits per heavy atom. The van der Waals surface area contributed by atoms with Gasteiger partial charge in [0.1, 0.15) is 0 Å². The average molecular weight is 500 g/mol. The van der Waals surface area contributed by atoms with Gasteiger partial charge in [-0.25, -0.2) is 12.7 Å². The summed E-state index contributed by atoms with van der Waals surface area (Å²) in [5.41, 5.74) is -0.941. The summed E-state index contributed by atoms with van der Waals surface area (Å²) >= 11 is 0. The summed E-state index contributed by atoms with van der Waals surface area (Å²) in [7, 11) is -3.55. The Balaban J connectivity index is 1.33. The molecule has 0 bridgehead atoms. The van der Waals surface area contributed by atoms with E-state index in [1.54, 1.807) is 4.31 Å². The van der Waals surface area contributed by atoms with Gasteiger partial charge in [-0.15, -0.1) is 0 Å². The van der Waals surface area contributed by atoms with Gasteiger partial charge in [-0.3, -0.25) is 9.59 Å². The molecule has 4 rings (SSSR count). The van der Waals surface area contributed by atoms with Gasteiger partial charge in [0.15, 0.2) is 0 Å². The lowest BCUT2D eigenvalue weighted by Gasteiger charge is -2.34. The molecule has 2 aliphatic heterocycles. The maximum atomic E-state index is 13.2. The number of likely N-dealkylation sites (tertiary alicyclic amines) is 1. The number of hydrogen-bond donors (Lipinski definition) is 1. The van der Waals surface area contributed by atoms with Crippen LogP contribution in [0.3, 0.4) is 0 Å². The van der Waals surface area contributed by atoms with E-state index in [0.29, 0.717) is 13.1 Å². The second-order valence-electron chi connectivity index (χ2n) is 9.33. The molecule has 1 saturated carbocycles. The SMILES string of the molecule is C=CC(=O)NC1CC2CN(S(=O)(=O)C3CCN(C(=O)c4cccc(C(F)(F)F)c4)CC3)CC2C1. The zero-order valence-electron chi connectivity index (χ0n) is 18.6. The molecule has 2 amide bonds. The van der Waals surface area contributed by atoms with Crippen LogP contribution >= 0.6 is 0 Å². The minimum absolute atomic E-state index is 0.0375. The molecule has 34 heavy (non-hydrogen) atoms. The summed E-state index contributed by atoms with van der Waals surface area (Å²) in [6.45, 7) is 4.66. The van der Waals surface area contributed by atoms with Crippen LogP contribution < -0.4 is 5.32 Å². The molecular weight excluding hydrogens is 471 g/mol. The van der Waals surface area contributed by atoms with Gasteiger partial charge in [-0.1, -0.05) is 12.6 Å². The molecule has 2 unspecified atom stereocenters. The fourth-order valence-corrected chi connectivity index (χ4v) is 7.45. The number of nitrogens with one attached hydrogen (secondary N) is 1. The maximum Gasteiger partial charge on any atom is 0.416 e. The largest absolute Gasteiger partial charge is 0.416 e. The fourth-order valence-electron chi connectivity index (χ4n) is 5.42. The number of rotatable bonds is 5. The molecule has 0 aromatic heterocycles. The van der Waals surface area contributed by atoms with E-state index < -0.39 is 32.9 Å². The molecule has 3 fully saturated rings. The molecule has 1 aliphatic carbocycles. The minimum atomic E-state index is -4.54. The summed E-state index contributed by atoms with van der Waals surface area (Å²) < 4.78 is 66.9. The van der Waals surface area contributed by atoms with E-state index in [1.165, 1.54) is 23.1 Å². The van der Waals surface area contributed by atoms with E-state index in [0.717, 1.165) is 25.0 Å². The van der Waals surface area contributed by atoms with Crippen molar-refractivity contribution in [2.24, 2.45) is 11.8 Å². The standard InChI is InChI=1S/C23H28F3N3O4S/c1-2-21(30)27-19-11-16-13-29(14-17(16)12-19)34(32,33)20-6-8-28(9-7-20)22(31)15-4-3-5-18(10-15)23(24,25)26/h2-5,10,16-17,19-20H,1,6-9,11-14H2,(H,27,30). The van der Waals surface area contributed by atoms with Crippen LogP contribution in [0.25, 0.3) is 0 Å². The second kappa shape index (κ2) is 9.33. The van der Waals surface area contributed by atoms with Crippen LogP contribution in [-0.4, -0.2) is 66.9 Å². The Hall–Kier alpha value is -2.40. The van der Waals surface area contributed by atoms with Crippen LogP contribution in [0, 0.1) is 11.8 Å². The first-order chi connectivity index (χ1) is 16.0. The summed E-state index contributed by atoms with van der Waals surface area (Å²) in [6, 6.07) is 4.32. The molecule has 3 aliphatic rings. The first kappa shape index (κ1) is 24.7. The van der Waals surface area contributed by atoms with Gasteiger partial charge in [-0.2, -0.15) is 13.2 Å². The van der Waals surface area contributed by atoms with Crippen molar-refractivity contribution >= 4 is 21.8 Å². The van der Waals surface area contributed by atoms with E-state index in [2.05, 4.69) is 11.9 Å². The quantitative estimate of drug-likeness (QED) is 0.632. The summed E-state index contributed by atoms with van der Waals surface area (Å²) in [5.74, 6) is -0.342. The van der Waals surface area contributed by atoms with Gasteiger partial charge in [-0.05, 0) is 61.8 Å². The van der Waals surface area contributed by atoms with Crippen molar-refractivity contribution in [1.82, 2.24) is 14.5 Å². The maximum absolute atomic E-state index is 13.2. The second-order valence-corrected chi connectivity index (χ2v) is 11.5. The Bertz CT molecular complexity index is 1050. The lowest BCUT2D eigenvalue weighted by molar-refractivity contribution is -0.137. The number of halogens is 3. The third-order valence-corrected chi connectivity index (χ3v) is 9.53. The smallest absolute Gasteiger partial charge is 0.350 e. The molecule has 1 aromatic rings. The fraction of sp³-hybridized carbons (Fsp3) is 0.565. The van der Waals surface area contributed by atoms with Crippen molar-refractivity contribution in [3.63, 3.8) is 0 Å². The van der Waals surface area contributed by atoms with Crippen molar-refractivity contribution in [3.05, 3.63) is 48.0 Å². The van der Waals surface area contributed by atoms with Crippen LogP contribution in [0.2, 0.25) is 0 Å². The van der Waals surface area contributed by atoms with Gasteiger partial charge in [0, 0.05) is 37.8 Å². The number of piperidine rings is 1. The highest BCUT2D eigenvalue weighted by Gasteiger charge is 2.47. The van der Waals surface area contributed by atoms with E-state index in [4.69, 9.17) is 0 Å². The van der Waals surface area contributed by atoms with Gasteiger partial charge in [0.05, 0.1) is 10.8 Å². The number of benzene rings is 1. The van der Waals surface area contributed by atoms with Crippen LogP contribution in [0.5, 0.6) is 0 Å². The third-order valence-electron chi connectivity index (χ3n) is 7.20. The molecule has 186 valence electrons. The van der Waals surface area contributed by atoms with Crippen LogP contribution in [0.15, 0.2) is 36.9 Å². The van der Waals surface area contributed by atoms with Gasteiger partial charge in [0.25, 0.3) is 5.91 Å². The number of nitrogens with zero attached hydrogens (tertiary/aromatic N) is 2. The van der Waals surface area contributed by atoms with Crippen LogP contribution in [0.4, 0.5) is 13.2 Å². The molecule has 2 saturated heterocycles. The molecule has 2 atom stereocenters. The summed E-state index contributed by atoms with van der Waals surface area (Å²) in [4.78, 5) is 25.7. The van der Waals surface area contributed by atoms with Crippen molar-refractivity contribution in [2.75, 3.05) is 26.2 Å². The highest BCUT2D eigenvalue weighted by Crippen LogP contribution is 2.40. The Morgan fingerprint density at radius 2 is 1.71 bits per heavy atom. The number of hydrogen-bond acceptors (Lipinski definition) is 4. The lowest BCUT2D eigenvalue weighted by Crippen LogP contribution is -2.46. The highest BCUT2D eigenvalue weighted by atomic mass is 32.2. The lowest BCUT2D eigenvalue weighted by atomic mass is 10.0. The van der Waals surface area contributed by atoms with E-state index in [1.807, 2.05) is 0 Å².